The molecule has 3 N–H and O–H groups in total. The average Bonchev–Trinajstić information content (AvgIpc) is 2.89. The maximum atomic E-state index is 12.5. The number of amides is 1. The van der Waals surface area contributed by atoms with E-state index in [2.05, 4.69) is 21.9 Å². The van der Waals surface area contributed by atoms with Gasteiger partial charge in [-0.2, -0.15) is 0 Å². The fourth-order valence-electron chi connectivity index (χ4n) is 2.16. The first-order chi connectivity index (χ1) is 10.1. The number of nitrogens with one attached hydrogen (secondary N) is 1. The van der Waals surface area contributed by atoms with Crippen molar-refractivity contribution in [3.05, 3.63) is 23.0 Å². The Labute approximate surface area is 132 Å². The normalized spacial score (nSPS) is 27.1. The van der Waals surface area contributed by atoms with Gasteiger partial charge < -0.3 is 11.1 Å². The molecule has 0 saturated carbocycles. The molecule has 1 aliphatic rings. The van der Waals surface area contributed by atoms with Crippen LogP contribution in [0, 0.1) is 0 Å². The van der Waals surface area contributed by atoms with Crippen molar-refractivity contribution in [2.24, 2.45) is 10.7 Å². The molecule has 0 aromatic carbocycles. The Morgan fingerprint density at radius 3 is 2.82 bits per heavy atom. The van der Waals surface area contributed by atoms with E-state index >= 15 is 0 Å². The summed E-state index contributed by atoms with van der Waals surface area (Å²) in [5, 5.41) is 3.64. The van der Waals surface area contributed by atoms with Gasteiger partial charge in [0, 0.05) is 19.4 Å². The van der Waals surface area contributed by atoms with Crippen molar-refractivity contribution in [1.82, 2.24) is 9.29 Å². The second-order valence-electron chi connectivity index (χ2n) is 4.87. The van der Waals surface area contributed by atoms with Gasteiger partial charge in [0.15, 0.2) is 5.54 Å². The summed E-state index contributed by atoms with van der Waals surface area (Å²) in [4.78, 5) is 19.7. The number of thiazole rings is 1. The highest BCUT2D eigenvalue weighted by Gasteiger charge is 2.50. The second-order valence-corrected chi connectivity index (χ2v) is 8.02. The van der Waals surface area contributed by atoms with E-state index < -0.39 is 20.8 Å². The Bertz CT molecular complexity index is 755. The molecule has 1 aliphatic heterocycles. The molecule has 1 aromatic heterocycles. The molecule has 0 bridgehead atoms. The molecule has 0 spiro atoms. The lowest BCUT2D eigenvalue weighted by atomic mass is 9.97. The third-order valence-corrected chi connectivity index (χ3v) is 6.72. The molecule has 0 radical (unpaired) electrons. The number of guanidine groups is 1. The molecule has 2 rings (SSSR count). The molecule has 0 aliphatic carbocycles. The van der Waals surface area contributed by atoms with E-state index in [9.17, 15) is 13.2 Å². The Hall–Kier alpha value is -1.94. The Balaban J connectivity index is 2.60. The van der Waals surface area contributed by atoms with Crippen molar-refractivity contribution in [2.45, 2.75) is 24.6 Å². The maximum absolute atomic E-state index is 12.5. The van der Waals surface area contributed by atoms with E-state index in [0.29, 0.717) is 10.8 Å². The van der Waals surface area contributed by atoms with Crippen molar-refractivity contribution < 1.29 is 13.2 Å². The predicted octanol–water partition coefficient (Wildman–Crippen LogP) is 0.461. The van der Waals surface area contributed by atoms with Gasteiger partial charge in [0.1, 0.15) is 16.1 Å². The quantitative estimate of drug-likeness (QED) is 0.773. The van der Waals surface area contributed by atoms with Gasteiger partial charge in [-0.05, 0) is 6.92 Å². The predicted molar refractivity (Wildman–Crippen MR) is 86.1 cm³/mol. The summed E-state index contributed by atoms with van der Waals surface area (Å²) in [7, 11) is -2.34. The van der Waals surface area contributed by atoms with Gasteiger partial charge in [-0.25, -0.2) is 22.7 Å². The average molecular weight is 343 g/mol. The van der Waals surface area contributed by atoms with Crippen LogP contribution in [0.1, 0.15) is 18.9 Å². The molecule has 0 saturated heterocycles. The first kappa shape index (κ1) is 16.4. The van der Waals surface area contributed by atoms with Crippen LogP contribution in [0.2, 0.25) is 0 Å². The van der Waals surface area contributed by atoms with Gasteiger partial charge in [-0.1, -0.05) is 6.08 Å². The number of hydrogen-bond acceptors (Lipinski definition) is 7. The monoisotopic (exact) mass is 343 g/mol. The summed E-state index contributed by atoms with van der Waals surface area (Å²) >= 11 is 1.19. The summed E-state index contributed by atoms with van der Waals surface area (Å²) in [5.74, 6) is -0.0585. The van der Waals surface area contributed by atoms with Crippen molar-refractivity contribution in [3.63, 3.8) is 0 Å². The zero-order valence-corrected chi connectivity index (χ0v) is 14.0. The topological polar surface area (TPSA) is 118 Å². The van der Waals surface area contributed by atoms with Crippen LogP contribution >= 0.6 is 11.3 Å². The molecule has 1 aromatic rings. The van der Waals surface area contributed by atoms with Crippen LogP contribution < -0.4 is 11.1 Å². The highest BCUT2D eigenvalue weighted by molar-refractivity contribution is 7.90. The summed E-state index contributed by atoms with van der Waals surface area (Å²) in [6.07, 6.45) is 1.42. The SMILES string of the molecule is C=C[C@]1(c2nc(NC(C)=O)cs2)N=C(N)N(C)S(=O)(=O)[C@H]1C. The van der Waals surface area contributed by atoms with Gasteiger partial charge in [-0.15, -0.1) is 17.9 Å². The smallest absolute Gasteiger partial charge is 0.242 e. The van der Waals surface area contributed by atoms with Crippen molar-refractivity contribution in [2.75, 3.05) is 12.4 Å². The molecule has 1 amide bonds. The summed E-state index contributed by atoms with van der Waals surface area (Å²) in [6.45, 7) is 6.61. The third kappa shape index (κ3) is 2.37. The highest BCUT2D eigenvalue weighted by Crippen LogP contribution is 2.40. The van der Waals surface area contributed by atoms with E-state index in [1.165, 1.54) is 38.3 Å². The van der Waals surface area contributed by atoms with Crippen molar-refractivity contribution in [1.29, 1.82) is 0 Å². The summed E-state index contributed by atoms with van der Waals surface area (Å²) in [5.41, 5.74) is 4.47. The fourth-order valence-corrected chi connectivity index (χ4v) is 4.71. The van der Waals surface area contributed by atoms with Crippen LogP contribution in [0.25, 0.3) is 0 Å². The van der Waals surface area contributed by atoms with E-state index in [1.807, 2.05) is 0 Å². The van der Waals surface area contributed by atoms with Crippen LogP contribution in [-0.2, 0) is 20.4 Å². The number of hydrogen-bond donors (Lipinski definition) is 2. The lowest BCUT2D eigenvalue weighted by molar-refractivity contribution is -0.114. The number of aliphatic imine (C=N–C) groups is 1. The van der Waals surface area contributed by atoms with Crippen LogP contribution in [0.15, 0.2) is 23.0 Å². The van der Waals surface area contributed by atoms with Gasteiger partial charge in [0.25, 0.3) is 0 Å². The molecule has 10 heteroatoms. The van der Waals surface area contributed by atoms with Gasteiger partial charge >= 0.3 is 0 Å². The summed E-state index contributed by atoms with van der Waals surface area (Å²) < 4.78 is 25.9. The van der Waals surface area contributed by atoms with Crippen LogP contribution in [0.4, 0.5) is 5.82 Å². The van der Waals surface area contributed by atoms with Gasteiger partial charge in [-0.3, -0.25) is 4.79 Å². The molecule has 2 atom stereocenters. The number of nitrogens with zero attached hydrogens (tertiary/aromatic N) is 3. The molecule has 22 heavy (non-hydrogen) atoms. The number of aromatic nitrogens is 1. The second kappa shape index (κ2) is 5.36. The number of carbonyl (C=O) groups excluding carboxylic acids is 1. The van der Waals surface area contributed by atoms with E-state index in [4.69, 9.17) is 5.73 Å². The van der Waals surface area contributed by atoms with E-state index in [0.717, 1.165) is 4.31 Å². The third-order valence-electron chi connectivity index (χ3n) is 3.53. The molecule has 2 heterocycles. The zero-order valence-electron chi connectivity index (χ0n) is 12.4. The van der Waals surface area contributed by atoms with Crippen LogP contribution in [-0.4, -0.2) is 41.9 Å². The lowest BCUT2D eigenvalue weighted by Crippen LogP contribution is -2.55. The number of anilines is 1. The Morgan fingerprint density at radius 2 is 2.27 bits per heavy atom. The molecular weight excluding hydrogens is 326 g/mol. The highest BCUT2D eigenvalue weighted by atomic mass is 32.2. The van der Waals surface area contributed by atoms with Crippen molar-refractivity contribution >= 4 is 39.0 Å². The minimum atomic E-state index is -3.69. The molecule has 0 unspecified atom stereocenters. The summed E-state index contributed by atoms with van der Waals surface area (Å²) in [6, 6.07) is 0. The van der Waals surface area contributed by atoms with E-state index in [-0.39, 0.29) is 11.9 Å². The molecule has 0 fully saturated rings. The van der Waals surface area contributed by atoms with Crippen molar-refractivity contribution in [3.8, 4) is 0 Å². The fraction of sp³-hybridized carbons (Fsp3) is 0.417. The first-order valence-electron chi connectivity index (χ1n) is 6.35. The number of nitrogens with two attached hydrogens (primary N) is 1. The molecule has 8 nitrogen and oxygen atoms in total. The molecule has 120 valence electrons. The molecular formula is C12H17N5O3S2. The largest absolute Gasteiger partial charge is 0.369 e. The zero-order chi connectivity index (χ0) is 16.7. The van der Waals surface area contributed by atoms with Gasteiger partial charge in [0.2, 0.25) is 21.9 Å². The maximum Gasteiger partial charge on any atom is 0.242 e. The van der Waals surface area contributed by atoms with Crippen LogP contribution in [0.3, 0.4) is 0 Å². The van der Waals surface area contributed by atoms with Gasteiger partial charge in [0.05, 0.1) is 0 Å². The number of carbonyl (C=O) groups is 1. The van der Waals surface area contributed by atoms with E-state index in [1.54, 1.807) is 5.38 Å². The number of sulfonamides is 1. The minimum Gasteiger partial charge on any atom is -0.369 e. The number of rotatable bonds is 3. The van der Waals surface area contributed by atoms with Crippen LogP contribution in [0.5, 0.6) is 0 Å². The first-order valence-corrected chi connectivity index (χ1v) is 8.73. The minimum absolute atomic E-state index is 0.130. The standard InChI is InChI=1S/C12H17N5O3S2/c1-5-12(10-15-9(6-21-10)14-8(3)18)7(2)22(19,20)17(4)11(13)16-12/h5-7H,1H2,2-4H3,(H2,13,16)(H,14,18)/t7-,12-/m0/s1. The Morgan fingerprint density at radius 1 is 1.64 bits per heavy atom. The lowest BCUT2D eigenvalue weighted by Gasteiger charge is -2.38. The Kier molecular flexibility index (Phi) is 4.00.